The molecule has 3 rings (SSSR count). The van der Waals surface area contributed by atoms with Crippen LogP contribution in [0.15, 0.2) is 24.5 Å². The molecule has 0 radical (unpaired) electrons. The molecule has 0 bridgehead atoms. The highest BCUT2D eigenvalue weighted by atomic mass is 32.1. The van der Waals surface area contributed by atoms with Gasteiger partial charge in [-0.05, 0) is 25.5 Å². The first-order valence-electron chi connectivity index (χ1n) is 8.30. The number of aromatic nitrogens is 2. The van der Waals surface area contributed by atoms with Crippen molar-refractivity contribution in [2.45, 2.75) is 26.8 Å². The summed E-state index contributed by atoms with van der Waals surface area (Å²) in [6.07, 6.45) is 4.51. The van der Waals surface area contributed by atoms with Gasteiger partial charge in [-0.3, -0.25) is 4.98 Å². The van der Waals surface area contributed by atoms with E-state index in [0.29, 0.717) is 6.54 Å². The molecule has 0 atom stereocenters. The molecule has 0 saturated carbocycles. The van der Waals surface area contributed by atoms with Crippen molar-refractivity contribution < 1.29 is 4.79 Å². The van der Waals surface area contributed by atoms with Gasteiger partial charge in [0.1, 0.15) is 0 Å². The smallest absolute Gasteiger partial charge is 0.317 e. The Hall–Kier alpha value is -2.15. The molecule has 3 heterocycles. The SMILES string of the molecule is CCc1nc(C)sc1CNC(=O)N1CCN(c2ccncc2)CC1. The largest absolute Gasteiger partial charge is 0.368 e. The van der Waals surface area contributed by atoms with Gasteiger partial charge in [0.2, 0.25) is 0 Å². The number of rotatable bonds is 4. The van der Waals surface area contributed by atoms with Gasteiger partial charge in [-0.1, -0.05) is 6.92 Å². The fraction of sp³-hybridized carbons (Fsp3) is 0.471. The summed E-state index contributed by atoms with van der Waals surface area (Å²) in [4.78, 5) is 26.3. The summed E-state index contributed by atoms with van der Waals surface area (Å²) in [6.45, 7) is 7.82. The lowest BCUT2D eigenvalue weighted by Crippen LogP contribution is -2.51. The lowest BCUT2D eigenvalue weighted by Gasteiger charge is -2.36. The molecule has 0 aromatic carbocycles. The molecule has 0 unspecified atom stereocenters. The summed E-state index contributed by atoms with van der Waals surface area (Å²) in [6, 6.07) is 4.03. The second-order valence-corrected chi connectivity index (χ2v) is 7.08. The van der Waals surface area contributed by atoms with E-state index in [-0.39, 0.29) is 6.03 Å². The number of pyridine rings is 1. The van der Waals surface area contributed by atoms with Crippen LogP contribution >= 0.6 is 11.3 Å². The van der Waals surface area contributed by atoms with Crippen molar-refractivity contribution in [2.75, 3.05) is 31.1 Å². The normalized spacial score (nSPS) is 14.8. The Labute approximate surface area is 146 Å². The van der Waals surface area contributed by atoms with Crippen molar-refractivity contribution in [1.29, 1.82) is 0 Å². The van der Waals surface area contributed by atoms with Gasteiger partial charge in [-0.15, -0.1) is 11.3 Å². The van der Waals surface area contributed by atoms with Gasteiger partial charge < -0.3 is 15.1 Å². The second kappa shape index (κ2) is 7.61. The van der Waals surface area contributed by atoms with E-state index < -0.39 is 0 Å². The van der Waals surface area contributed by atoms with Gasteiger partial charge in [0.25, 0.3) is 0 Å². The van der Waals surface area contributed by atoms with Gasteiger partial charge in [0.15, 0.2) is 0 Å². The van der Waals surface area contributed by atoms with Gasteiger partial charge in [-0.25, -0.2) is 9.78 Å². The van der Waals surface area contributed by atoms with Crippen molar-refractivity contribution in [2.24, 2.45) is 0 Å². The summed E-state index contributed by atoms with van der Waals surface area (Å²) in [5.41, 5.74) is 2.26. The number of carbonyl (C=O) groups excluding carboxylic acids is 1. The summed E-state index contributed by atoms with van der Waals surface area (Å²) >= 11 is 1.67. The van der Waals surface area contributed by atoms with Crippen molar-refractivity contribution in [1.82, 2.24) is 20.2 Å². The highest BCUT2D eigenvalue weighted by Gasteiger charge is 2.21. The number of piperazine rings is 1. The summed E-state index contributed by atoms with van der Waals surface area (Å²) in [5, 5.41) is 4.10. The average Bonchev–Trinajstić information content (AvgIpc) is 3.00. The van der Waals surface area contributed by atoms with Crippen molar-refractivity contribution >= 4 is 23.1 Å². The number of amides is 2. The minimum Gasteiger partial charge on any atom is -0.368 e. The molecular weight excluding hydrogens is 322 g/mol. The molecule has 1 fully saturated rings. The highest BCUT2D eigenvalue weighted by molar-refractivity contribution is 7.11. The Morgan fingerprint density at radius 2 is 1.96 bits per heavy atom. The maximum atomic E-state index is 12.4. The Balaban J connectivity index is 1.50. The van der Waals surface area contributed by atoms with Gasteiger partial charge in [-0.2, -0.15) is 0 Å². The van der Waals surface area contributed by atoms with E-state index >= 15 is 0 Å². The summed E-state index contributed by atoms with van der Waals surface area (Å²) in [7, 11) is 0. The van der Waals surface area contributed by atoms with Crippen LogP contribution in [0.25, 0.3) is 0 Å². The molecule has 2 amide bonds. The summed E-state index contributed by atoms with van der Waals surface area (Å²) in [5.74, 6) is 0. The van der Waals surface area contributed by atoms with E-state index in [1.165, 1.54) is 4.88 Å². The van der Waals surface area contributed by atoms with Crippen LogP contribution in [0.1, 0.15) is 22.5 Å². The molecule has 2 aromatic rings. The number of hydrogen-bond acceptors (Lipinski definition) is 5. The number of nitrogens with zero attached hydrogens (tertiary/aromatic N) is 4. The minimum atomic E-state index is 0.0116. The molecule has 1 saturated heterocycles. The van der Waals surface area contributed by atoms with E-state index in [1.807, 2.05) is 24.0 Å². The van der Waals surface area contributed by atoms with Crippen molar-refractivity contribution in [3.05, 3.63) is 40.1 Å². The fourth-order valence-corrected chi connectivity index (χ4v) is 3.88. The molecule has 7 heteroatoms. The average molecular weight is 345 g/mol. The molecule has 128 valence electrons. The molecule has 6 nitrogen and oxygen atoms in total. The lowest BCUT2D eigenvalue weighted by molar-refractivity contribution is 0.194. The number of carbonyl (C=O) groups is 1. The number of thiazole rings is 1. The van der Waals surface area contributed by atoms with Gasteiger partial charge in [0, 0.05) is 49.1 Å². The highest BCUT2D eigenvalue weighted by Crippen LogP contribution is 2.19. The molecule has 2 aromatic heterocycles. The van der Waals surface area contributed by atoms with Crippen LogP contribution in [0.2, 0.25) is 0 Å². The molecule has 1 aliphatic rings. The first-order valence-corrected chi connectivity index (χ1v) is 9.12. The van der Waals surface area contributed by atoms with Crippen LogP contribution in [0.5, 0.6) is 0 Å². The molecule has 1 N–H and O–H groups in total. The number of hydrogen-bond donors (Lipinski definition) is 1. The summed E-state index contributed by atoms with van der Waals surface area (Å²) < 4.78 is 0. The quantitative estimate of drug-likeness (QED) is 0.924. The Morgan fingerprint density at radius 3 is 2.62 bits per heavy atom. The number of aryl methyl sites for hydroxylation is 2. The standard InChI is InChI=1S/C17H23N5OS/c1-3-15-16(24-13(2)20-15)12-19-17(23)22-10-8-21(9-11-22)14-4-6-18-7-5-14/h4-7H,3,8-12H2,1-2H3,(H,19,23). The zero-order valence-electron chi connectivity index (χ0n) is 14.2. The zero-order valence-corrected chi connectivity index (χ0v) is 15.0. The molecule has 0 aliphatic carbocycles. The third kappa shape index (κ3) is 3.84. The van der Waals surface area contributed by atoms with E-state index in [1.54, 1.807) is 23.7 Å². The third-order valence-corrected chi connectivity index (χ3v) is 5.23. The second-order valence-electron chi connectivity index (χ2n) is 5.79. The number of nitrogens with one attached hydrogen (secondary N) is 1. The lowest BCUT2D eigenvalue weighted by atomic mass is 10.2. The predicted molar refractivity (Wildman–Crippen MR) is 96.5 cm³/mol. The topological polar surface area (TPSA) is 61.4 Å². The van der Waals surface area contributed by atoms with Crippen molar-refractivity contribution in [3.63, 3.8) is 0 Å². The number of anilines is 1. The predicted octanol–water partition coefficient (Wildman–Crippen LogP) is 2.44. The Kier molecular flexibility index (Phi) is 5.30. The van der Waals surface area contributed by atoms with Crippen LogP contribution in [0.4, 0.5) is 10.5 Å². The van der Waals surface area contributed by atoms with Gasteiger partial charge >= 0.3 is 6.03 Å². The fourth-order valence-electron chi connectivity index (χ4n) is 2.92. The van der Waals surface area contributed by atoms with E-state index in [2.05, 4.69) is 27.1 Å². The first-order chi connectivity index (χ1) is 11.7. The molecule has 0 spiro atoms. The molecular formula is C17H23N5OS. The van der Waals surface area contributed by atoms with Crippen LogP contribution in [0, 0.1) is 6.92 Å². The monoisotopic (exact) mass is 345 g/mol. The Bertz CT molecular complexity index is 680. The zero-order chi connectivity index (χ0) is 16.9. The maximum absolute atomic E-state index is 12.4. The van der Waals surface area contributed by atoms with Crippen LogP contribution < -0.4 is 10.2 Å². The molecule has 24 heavy (non-hydrogen) atoms. The van der Waals surface area contributed by atoms with Gasteiger partial charge in [0.05, 0.1) is 17.2 Å². The minimum absolute atomic E-state index is 0.0116. The van der Waals surface area contributed by atoms with E-state index in [4.69, 9.17) is 0 Å². The van der Waals surface area contributed by atoms with Crippen LogP contribution in [0.3, 0.4) is 0 Å². The van der Waals surface area contributed by atoms with E-state index in [0.717, 1.165) is 49.0 Å². The first kappa shape index (κ1) is 16.7. The van der Waals surface area contributed by atoms with Crippen molar-refractivity contribution in [3.8, 4) is 0 Å². The van der Waals surface area contributed by atoms with Crippen LogP contribution in [-0.2, 0) is 13.0 Å². The van der Waals surface area contributed by atoms with E-state index in [9.17, 15) is 4.79 Å². The maximum Gasteiger partial charge on any atom is 0.317 e. The van der Waals surface area contributed by atoms with Crippen LogP contribution in [-0.4, -0.2) is 47.1 Å². The molecule has 1 aliphatic heterocycles. The number of urea groups is 1. The Morgan fingerprint density at radius 1 is 1.25 bits per heavy atom. The third-order valence-electron chi connectivity index (χ3n) is 4.21.